The SMILES string of the molecule is O=[N+]([O-])c1cccc(C2=NNC(=Nc3ccc(F)cc3)SC2)c1. The van der Waals surface area contributed by atoms with Crippen molar-refractivity contribution < 1.29 is 9.31 Å². The molecular formula is C15H11FN4O2S. The molecule has 0 saturated carbocycles. The number of hydrogen-bond acceptors (Lipinski definition) is 5. The number of hydrogen-bond donors (Lipinski definition) is 1. The van der Waals surface area contributed by atoms with E-state index in [0.29, 0.717) is 27.9 Å². The zero-order valence-electron chi connectivity index (χ0n) is 11.8. The van der Waals surface area contributed by atoms with E-state index in [4.69, 9.17) is 0 Å². The van der Waals surface area contributed by atoms with Crippen LogP contribution < -0.4 is 5.43 Å². The van der Waals surface area contributed by atoms with Crippen LogP contribution in [-0.4, -0.2) is 21.6 Å². The van der Waals surface area contributed by atoms with E-state index >= 15 is 0 Å². The van der Waals surface area contributed by atoms with Crippen molar-refractivity contribution in [2.45, 2.75) is 0 Å². The van der Waals surface area contributed by atoms with Crippen LogP contribution in [0.4, 0.5) is 15.8 Å². The van der Waals surface area contributed by atoms with Gasteiger partial charge in [0.25, 0.3) is 5.69 Å². The van der Waals surface area contributed by atoms with Crippen molar-refractivity contribution in [3.63, 3.8) is 0 Å². The third-order valence-electron chi connectivity index (χ3n) is 3.08. The molecule has 23 heavy (non-hydrogen) atoms. The minimum absolute atomic E-state index is 0.0287. The first kappa shape index (κ1) is 15.2. The zero-order valence-corrected chi connectivity index (χ0v) is 12.6. The maximum atomic E-state index is 12.9. The molecule has 2 aromatic carbocycles. The summed E-state index contributed by atoms with van der Waals surface area (Å²) in [6.07, 6.45) is 0. The first-order valence-corrected chi connectivity index (χ1v) is 7.65. The van der Waals surface area contributed by atoms with Crippen LogP contribution in [0.15, 0.2) is 58.6 Å². The highest BCUT2D eigenvalue weighted by molar-refractivity contribution is 8.14. The van der Waals surface area contributed by atoms with Gasteiger partial charge in [-0.1, -0.05) is 23.9 Å². The molecule has 0 fully saturated rings. The predicted molar refractivity (Wildman–Crippen MR) is 88.7 cm³/mol. The van der Waals surface area contributed by atoms with Gasteiger partial charge in [0, 0.05) is 23.4 Å². The standard InChI is InChI=1S/C15H11FN4O2S/c16-11-4-6-12(7-5-11)17-15-19-18-14(9-23-15)10-2-1-3-13(8-10)20(21)22/h1-8H,9H2,(H,17,19). The fourth-order valence-electron chi connectivity index (χ4n) is 1.95. The molecule has 8 heteroatoms. The number of nitro benzene ring substituents is 1. The van der Waals surface area contributed by atoms with Gasteiger partial charge in [0.2, 0.25) is 0 Å². The molecule has 0 bridgehead atoms. The number of rotatable bonds is 3. The summed E-state index contributed by atoms with van der Waals surface area (Å²) in [6, 6.07) is 12.2. The van der Waals surface area contributed by atoms with Gasteiger partial charge in [0.15, 0.2) is 5.17 Å². The van der Waals surface area contributed by atoms with Crippen molar-refractivity contribution in [3.8, 4) is 0 Å². The first-order valence-electron chi connectivity index (χ1n) is 6.66. The van der Waals surface area contributed by atoms with Crippen LogP contribution in [0, 0.1) is 15.9 Å². The Morgan fingerprint density at radius 3 is 2.70 bits per heavy atom. The highest BCUT2D eigenvalue weighted by Crippen LogP contribution is 2.20. The molecule has 0 aromatic heterocycles. The molecule has 6 nitrogen and oxygen atoms in total. The van der Waals surface area contributed by atoms with Crippen molar-refractivity contribution >= 4 is 34.0 Å². The Bertz CT molecular complexity index is 805. The molecule has 1 aliphatic heterocycles. The molecular weight excluding hydrogens is 319 g/mol. The van der Waals surface area contributed by atoms with E-state index in [1.54, 1.807) is 24.3 Å². The Labute approximate surface area is 135 Å². The molecule has 1 N–H and O–H groups in total. The Hall–Kier alpha value is -2.74. The molecule has 0 unspecified atom stereocenters. The minimum Gasteiger partial charge on any atom is -0.258 e. The molecule has 0 saturated heterocycles. The first-order chi connectivity index (χ1) is 11.1. The molecule has 0 aliphatic carbocycles. The summed E-state index contributed by atoms with van der Waals surface area (Å²) in [6.45, 7) is 0. The van der Waals surface area contributed by atoms with E-state index < -0.39 is 4.92 Å². The normalized spacial score (nSPS) is 15.9. The van der Waals surface area contributed by atoms with Crippen molar-refractivity contribution in [2.24, 2.45) is 10.1 Å². The lowest BCUT2D eigenvalue weighted by Crippen LogP contribution is -2.25. The number of hydrazone groups is 1. The number of thioether (sulfide) groups is 1. The number of non-ortho nitro benzene ring substituents is 1. The topological polar surface area (TPSA) is 79.9 Å². The van der Waals surface area contributed by atoms with Crippen LogP contribution in [0.3, 0.4) is 0 Å². The van der Waals surface area contributed by atoms with Crippen molar-refractivity contribution in [2.75, 3.05) is 5.75 Å². The zero-order chi connectivity index (χ0) is 16.2. The highest BCUT2D eigenvalue weighted by atomic mass is 32.2. The highest BCUT2D eigenvalue weighted by Gasteiger charge is 2.15. The second-order valence-corrected chi connectivity index (χ2v) is 5.62. The second kappa shape index (κ2) is 6.57. The summed E-state index contributed by atoms with van der Waals surface area (Å²) in [5.74, 6) is 0.220. The Balaban J connectivity index is 1.77. The van der Waals surface area contributed by atoms with Gasteiger partial charge in [-0.2, -0.15) is 5.10 Å². The van der Waals surface area contributed by atoms with E-state index in [9.17, 15) is 14.5 Å². The van der Waals surface area contributed by atoms with E-state index in [-0.39, 0.29) is 11.5 Å². The molecule has 0 radical (unpaired) electrons. The molecule has 2 aromatic rings. The fraction of sp³-hybridized carbons (Fsp3) is 0.0667. The monoisotopic (exact) mass is 330 g/mol. The van der Waals surface area contributed by atoms with E-state index in [0.717, 1.165) is 0 Å². The average molecular weight is 330 g/mol. The third kappa shape index (κ3) is 3.72. The maximum absolute atomic E-state index is 12.9. The molecule has 3 rings (SSSR count). The summed E-state index contributed by atoms with van der Waals surface area (Å²) < 4.78 is 12.9. The Morgan fingerprint density at radius 1 is 1.26 bits per heavy atom. The van der Waals surface area contributed by atoms with Gasteiger partial charge in [-0.05, 0) is 24.3 Å². The van der Waals surface area contributed by atoms with E-state index in [2.05, 4.69) is 15.5 Å². The molecule has 0 atom stereocenters. The van der Waals surface area contributed by atoms with Gasteiger partial charge in [0.05, 0.1) is 16.3 Å². The number of amidine groups is 1. The van der Waals surface area contributed by atoms with Crippen LogP contribution in [0.2, 0.25) is 0 Å². The lowest BCUT2D eigenvalue weighted by molar-refractivity contribution is -0.384. The maximum Gasteiger partial charge on any atom is 0.270 e. The molecule has 116 valence electrons. The number of nitro groups is 1. The van der Waals surface area contributed by atoms with Gasteiger partial charge in [-0.25, -0.2) is 9.38 Å². The summed E-state index contributed by atoms with van der Waals surface area (Å²) in [5, 5.41) is 15.6. The van der Waals surface area contributed by atoms with E-state index in [1.807, 2.05) is 0 Å². The Morgan fingerprint density at radius 2 is 2.04 bits per heavy atom. The molecule has 1 aliphatic rings. The van der Waals surface area contributed by atoms with Crippen LogP contribution in [0.1, 0.15) is 5.56 Å². The number of nitrogens with one attached hydrogen (secondary N) is 1. The smallest absolute Gasteiger partial charge is 0.258 e. The molecule has 0 amide bonds. The summed E-state index contributed by atoms with van der Waals surface area (Å²) >= 11 is 1.42. The van der Waals surface area contributed by atoms with Crippen molar-refractivity contribution in [3.05, 3.63) is 70.0 Å². The van der Waals surface area contributed by atoms with Crippen LogP contribution in [-0.2, 0) is 0 Å². The summed E-state index contributed by atoms with van der Waals surface area (Å²) in [7, 11) is 0. The quantitative estimate of drug-likeness (QED) is 0.690. The van der Waals surface area contributed by atoms with Gasteiger partial charge in [-0.3, -0.25) is 15.5 Å². The number of halogens is 1. The van der Waals surface area contributed by atoms with Crippen molar-refractivity contribution in [1.82, 2.24) is 5.43 Å². The number of nitrogens with zero attached hydrogens (tertiary/aromatic N) is 3. The van der Waals surface area contributed by atoms with Crippen LogP contribution >= 0.6 is 11.8 Å². The predicted octanol–water partition coefficient (Wildman–Crippen LogP) is 3.46. The van der Waals surface area contributed by atoms with Gasteiger partial charge < -0.3 is 0 Å². The van der Waals surface area contributed by atoms with Gasteiger partial charge in [-0.15, -0.1) is 0 Å². The average Bonchev–Trinajstić information content (AvgIpc) is 2.58. The van der Waals surface area contributed by atoms with Crippen molar-refractivity contribution in [1.29, 1.82) is 0 Å². The van der Waals surface area contributed by atoms with E-state index in [1.165, 1.54) is 36.0 Å². The number of aliphatic imine (C=N–C) groups is 1. The summed E-state index contributed by atoms with van der Waals surface area (Å²) in [4.78, 5) is 14.7. The lowest BCUT2D eigenvalue weighted by atomic mass is 10.1. The molecule has 1 heterocycles. The van der Waals surface area contributed by atoms with Crippen LogP contribution in [0.5, 0.6) is 0 Å². The minimum atomic E-state index is -0.436. The van der Waals surface area contributed by atoms with Crippen LogP contribution in [0.25, 0.3) is 0 Å². The summed E-state index contributed by atoms with van der Waals surface area (Å²) in [5.41, 5.74) is 4.87. The lowest BCUT2D eigenvalue weighted by Gasteiger charge is -2.14. The fourth-order valence-corrected chi connectivity index (χ4v) is 2.74. The molecule has 0 spiro atoms. The largest absolute Gasteiger partial charge is 0.270 e. The Kier molecular flexibility index (Phi) is 4.33. The third-order valence-corrected chi connectivity index (χ3v) is 3.95. The van der Waals surface area contributed by atoms with Gasteiger partial charge >= 0.3 is 0 Å². The second-order valence-electron chi connectivity index (χ2n) is 4.66. The number of benzene rings is 2. The van der Waals surface area contributed by atoms with Gasteiger partial charge in [0.1, 0.15) is 5.82 Å².